The van der Waals surface area contributed by atoms with Crippen LogP contribution in [0.1, 0.15) is 40.9 Å². The summed E-state index contributed by atoms with van der Waals surface area (Å²) in [5.41, 5.74) is 2.45. The topological polar surface area (TPSA) is 71.1 Å². The van der Waals surface area contributed by atoms with Gasteiger partial charge in [-0.15, -0.1) is 11.3 Å². The molecule has 0 aliphatic carbocycles. The van der Waals surface area contributed by atoms with Gasteiger partial charge in [0.25, 0.3) is 5.91 Å². The van der Waals surface area contributed by atoms with Gasteiger partial charge in [-0.1, -0.05) is 55.5 Å². The van der Waals surface area contributed by atoms with Gasteiger partial charge >= 0.3 is 0 Å². The molecule has 2 amide bonds. The van der Waals surface area contributed by atoms with Gasteiger partial charge in [-0.3, -0.25) is 14.9 Å². The summed E-state index contributed by atoms with van der Waals surface area (Å²) >= 11 is 1.32. The first kappa shape index (κ1) is 19.8. The van der Waals surface area contributed by atoms with Gasteiger partial charge in [0.1, 0.15) is 0 Å². The first-order chi connectivity index (χ1) is 13.7. The van der Waals surface area contributed by atoms with Gasteiger partial charge in [0.05, 0.1) is 12.1 Å². The molecule has 0 radical (unpaired) electrons. The number of nitrogens with zero attached hydrogens (tertiary/aromatic N) is 1. The highest BCUT2D eigenvalue weighted by Crippen LogP contribution is 2.19. The largest absolute Gasteiger partial charge is 0.355 e. The Hall–Kier alpha value is -2.99. The lowest BCUT2D eigenvalue weighted by molar-refractivity contribution is -0.120. The van der Waals surface area contributed by atoms with E-state index in [1.54, 1.807) is 17.5 Å². The Kier molecular flexibility index (Phi) is 6.92. The third kappa shape index (κ3) is 5.50. The van der Waals surface area contributed by atoms with Crippen molar-refractivity contribution in [2.45, 2.75) is 25.7 Å². The van der Waals surface area contributed by atoms with Crippen molar-refractivity contribution in [2.24, 2.45) is 0 Å². The summed E-state index contributed by atoms with van der Waals surface area (Å²) in [6.45, 7) is 2.72. The molecule has 1 atom stereocenters. The Balaban J connectivity index is 1.50. The minimum absolute atomic E-state index is 0.0689. The summed E-state index contributed by atoms with van der Waals surface area (Å²) in [5, 5.41) is 8.06. The minimum atomic E-state index is -0.209. The Morgan fingerprint density at radius 2 is 1.71 bits per heavy atom. The summed E-state index contributed by atoms with van der Waals surface area (Å²) in [5.74, 6) is 0.0153. The van der Waals surface area contributed by atoms with Crippen LogP contribution in [0, 0.1) is 0 Å². The Bertz CT molecular complexity index is 910. The molecular weight excluding hydrogens is 370 g/mol. The van der Waals surface area contributed by atoms with Crippen molar-refractivity contribution in [3.63, 3.8) is 0 Å². The second-order valence-electron chi connectivity index (χ2n) is 6.46. The molecule has 5 nitrogen and oxygen atoms in total. The third-order valence-electron chi connectivity index (χ3n) is 4.46. The number of hydrogen-bond acceptors (Lipinski definition) is 4. The minimum Gasteiger partial charge on any atom is -0.355 e. The smallest absolute Gasteiger partial charge is 0.257 e. The molecule has 0 bridgehead atoms. The van der Waals surface area contributed by atoms with Crippen LogP contribution in [0.5, 0.6) is 0 Å². The molecule has 6 heteroatoms. The Morgan fingerprint density at radius 3 is 2.39 bits per heavy atom. The molecule has 0 saturated carbocycles. The molecule has 0 saturated heterocycles. The number of thiazole rings is 1. The number of rotatable bonds is 8. The van der Waals surface area contributed by atoms with Crippen molar-refractivity contribution in [2.75, 3.05) is 11.9 Å². The molecule has 0 fully saturated rings. The first-order valence-electron chi connectivity index (χ1n) is 9.28. The predicted molar refractivity (Wildman–Crippen MR) is 113 cm³/mol. The van der Waals surface area contributed by atoms with Gasteiger partial charge < -0.3 is 5.32 Å². The SMILES string of the molecule is CCC(CNC(=O)Cc1csc(NC(=O)c2ccccc2)n1)c1ccccc1. The number of hydrogen-bond donors (Lipinski definition) is 2. The number of carbonyl (C=O) groups excluding carboxylic acids is 2. The molecule has 1 heterocycles. The van der Waals surface area contributed by atoms with E-state index in [0.717, 1.165) is 6.42 Å². The zero-order valence-corrected chi connectivity index (χ0v) is 16.5. The van der Waals surface area contributed by atoms with Crippen LogP contribution in [0.4, 0.5) is 5.13 Å². The first-order valence-corrected chi connectivity index (χ1v) is 10.2. The molecular formula is C22H23N3O2S. The number of amides is 2. The van der Waals surface area contributed by atoms with E-state index >= 15 is 0 Å². The lowest BCUT2D eigenvalue weighted by Crippen LogP contribution is -2.29. The lowest BCUT2D eigenvalue weighted by Gasteiger charge is -2.16. The predicted octanol–water partition coefficient (Wildman–Crippen LogP) is 4.25. The van der Waals surface area contributed by atoms with E-state index in [0.29, 0.717) is 28.9 Å². The van der Waals surface area contributed by atoms with E-state index in [4.69, 9.17) is 0 Å². The van der Waals surface area contributed by atoms with E-state index in [-0.39, 0.29) is 18.2 Å². The number of carbonyl (C=O) groups is 2. The monoisotopic (exact) mass is 393 g/mol. The van der Waals surface area contributed by atoms with Gasteiger partial charge in [0.15, 0.2) is 5.13 Å². The molecule has 3 rings (SSSR count). The van der Waals surface area contributed by atoms with Crippen LogP contribution < -0.4 is 10.6 Å². The van der Waals surface area contributed by atoms with E-state index < -0.39 is 0 Å². The maximum atomic E-state index is 12.3. The van der Waals surface area contributed by atoms with E-state index in [2.05, 4.69) is 34.7 Å². The highest BCUT2D eigenvalue weighted by Gasteiger charge is 2.13. The van der Waals surface area contributed by atoms with Gasteiger partial charge in [0, 0.05) is 23.4 Å². The summed E-state index contributed by atoms with van der Waals surface area (Å²) in [7, 11) is 0. The van der Waals surface area contributed by atoms with Crippen molar-refractivity contribution in [1.29, 1.82) is 0 Å². The average Bonchev–Trinajstić information content (AvgIpc) is 3.16. The van der Waals surface area contributed by atoms with Crippen molar-refractivity contribution in [3.05, 3.63) is 82.9 Å². The number of aromatic nitrogens is 1. The van der Waals surface area contributed by atoms with Crippen LogP contribution in [0.25, 0.3) is 0 Å². The molecule has 0 aliphatic rings. The number of anilines is 1. The second kappa shape index (κ2) is 9.80. The number of nitrogens with one attached hydrogen (secondary N) is 2. The van der Waals surface area contributed by atoms with Crippen molar-refractivity contribution >= 4 is 28.3 Å². The maximum absolute atomic E-state index is 12.3. The lowest BCUT2D eigenvalue weighted by atomic mass is 9.96. The molecule has 1 unspecified atom stereocenters. The van der Waals surface area contributed by atoms with Crippen molar-refractivity contribution in [1.82, 2.24) is 10.3 Å². The molecule has 144 valence electrons. The average molecular weight is 394 g/mol. The van der Waals surface area contributed by atoms with E-state index in [1.807, 2.05) is 36.4 Å². The van der Waals surface area contributed by atoms with Crippen LogP contribution in [0.15, 0.2) is 66.0 Å². The molecule has 2 N–H and O–H groups in total. The number of benzene rings is 2. The molecule has 28 heavy (non-hydrogen) atoms. The zero-order chi connectivity index (χ0) is 19.8. The molecule has 3 aromatic rings. The van der Waals surface area contributed by atoms with Crippen molar-refractivity contribution in [3.8, 4) is 0 Å². The Morgan fingerprint density at radius 1 is 1.04 bits per heavy atom. The van der Waals surface area contributed by atoms with Crippen LogP contribution >= 0.6 is 11.3 Å². The van der Waals surface area contributed by atoms with Crippen LogP contribution in [-0.4, -0.2) is 23.3 Å². The molecule has 2 aromatic carbocycles. The fourth-order valence-electron chi connectivity index (χ4n) is 2.89. The van der Waals surface area contributed by atoms with E-state index in [9.17, 15) is 9.59 Å². The van der Waals surface area contributed by atoms with Gasteiger partial charge in [0.2, 0.25) is 5.91 Å². The quantitative estimate of drug-likeness (QED) is 0.601. The standard InChI is InChI=1S/C22H23N3O2S/c1-2-16(17-9-5-3-6-10-17)14-23-20(26)13-19-15-28-22(24-19)25-21(27)18-11-7-4-8-12-18/h3-12,15-16H,2,13-14H2,1H3,(H,23,26)(H,24,25,27). The second-order valence-corrected chi connectivity index (χ2v) is 7.32. The zero-order valence-electron chi connectivity index (χ0n) is 15.7. The normalized spacial score (nSPS) is 11.6. The summed E-state index contributed by atoms with van der Waals surface area (Å²) in [6, 6.07) is 19.2. The van der Waals surface area contributed by atoms with Crippen LogP contribution in [0.3, 0.4) is 0 Å². The van der Waals surface area contributed by atoms with Crippen molar-refractivity contribution < 1.29 is 9.59 Å². The third-order valence-corrected chi connectivity index (χ3v) is 5.27. The Labute approximate surface area is 168 Å². The molecule has 1 aromatic heterocycles. The molecule has 0 aliphatic heterocycles. The summed E-state index contributed by atoms with van der Waals surface area (Å²) < 4.78 is 0. The van der Waals surface area contributed by atoms with E-state index in [1.165, 1.54) is 16.9 Å². The van der Waals surface area contributed by atoms with Gasteiger partial charge in [-0.05, 0) is 24.1 Å². The van der Waals surface area contributed by atoms with Crippen LogP contribution in [-0.2, 0) is 11.2 Å². The maximum Gasteiger partial charge on any atom is 0.257 e. The highest BCUT2D eigenvalue weighted by molar-refractivity contribution is 7.14. The fraction of sp³-hybridized carbons (Fsp3) is 0.227. The van der Waals surface area contributed by atoms with Gasteiger partial charge in [-0.2, -0.15) is 0 Å². The van der Waals surface area contributed by atoms with Crippen LogP contribution in [0.2, 0.25) is 0 Å². The fourth-order valence-corrected chi connectivity index (χ4v) is 3.60. The van der Waals surface area contributed by atoms with Gasteiger partial charge in [-0.25, -0.2) is 4.98 Å². The molecule has 0 spiro atoms. The highest BCUT2D eigenvalue weighted by atomic mass is 32.1. The summed E-state index contributed by atoms with van der Waals surface area (Å²) in [6.07, 6.45) is 1.15. The summed E-state index contributed by atoms with van der Waals surface area (Å²) in [4.78, 5) is 28.8.